The zero-order valence-corrected chi connectivity index (χ0v) is 17.1. The number of hydrogen-bond donors (Lipinski definition) is 1. The van der Waals surface area contributed by atoms with Crippen molar-refractivity contribution in [3.8, 4) is 0 Å². The quantitative estimate of drug-likeness (QED) is 0.567. The molecule has 2 aromatic carbocycles. The summed E-state index contributed by atoms with van der Waals surface area (Å²) < 4.78 is 27.1. The van der Waals surface area contributed by atoms with Gasteiger partial charge in [0.15, 0.2) is 0 Å². The second-order valence-corrected chi connectivity index (χ2v) is 8.81. The van der Waals surface area contributed by atoms with Gasteiger partial charge in [-0.1, -0.05) is 17.7 Å². The average molecular weight is 439 g/mol. The van der Waals surface area contributed by atoms with Crippen molar-refractivity contribution >= 4 is 44.6 Å². The van der Waals surface area contributed by atoms with Crippen molar-refractivity contribution in [3.63, 3.8) is 0 Å². The molecule has 0 radical (unpaired) electrons. The minimum atomic E-state index is -3.72. The van der Waals surface area contributed by atoms with Crippen molar-refractivity contribution in [2.75, 3.05) is 36.4 Å². The molecule has 0 aliphatic carbocycles. The molecule has 154 valence electrons. The lowest BCUT2D eigenvalue weighted by Gasteiger charge is -2.35. The molecule has 1 heterocycles. The van der Waals surface area contributed by atoms with E-state index in [-0.39, 0.29) is 47.7 Å². The van der Waals surface area contributed by atoms with Gasteiger partial charge in [0, 0.05) is 44.9 Å². The third-order valence-corrected chi connectivity index (χ3v) is 6.75. The molecule has 1 aliphatic heterocycles. The van der Waals surface area contributed by atoms with Gasteiger partial charge in [-0.2, -0.15) is 4.31 Å². The van der Waals surface area contributed by atoms with Crippen molar-refractivity contribution in [1.29, 1.82) is 0 Å². The zero-order valence-electron chi connectivity index (χ0n) is 15.5. The number of nitrogens with zero attached hydrogens (tertiary/aromatic N) is 3. The molecule has 3 rings (SSSR count). The first kappa shape index (κ1) is 21.0. The normalized spacial score (nSPS) is 15.2. The summed E-state index contributed by atoms with van der Waals surface area (Å²) in [6.07, 6.45) is 0. The first-order valence-electron chi connectivity index (χ1n) is 8.76. The smallest absolute Gasteiger partial charge is 0.294 e. The van der Waals surface area contributed by atoms with E-state index in [9.17, 15) is 23.3 Å². The second kappa shape index (κ2) is 8.36. The molecule has 0 saturated carbocycles. The van der Waals surface area contributed by atoms with Crippen molar-refractivity contribution in [1.82, 2.24) is 4.31 Å². The Hall–Kier alpha value is -2.69. The molecule has 1 fully saturated rings. The molecule has 1 aliphatic rings. The van der Waals surface area contributed by atoms with E-state index >= 15 is 0 Å². The monoisotopic (exact) mass is 438 g/mol. The molecular weight excluding hydrogens is 420 g/mol. The number of piperazine rings is 1. The molecule has 1 amide bonds. The summed E-state index contributed by atoms with van der Waals surface area (Å²) in [6, 6.07) is 10.4. The minimum absolute atomic E-state index is 0.109. The summed E-state index contributed by atoms with van der Waals surface area (Å²) in [6.45, 7) is 2.24. The Morgan fingerprint density at radius 1 is 1.10 bits per heavy atom. The second-order valence-electron chi connectivity index (χ2n) is 6.46. The van der Waals surface area contributed by atoms with E-state index in [0.29, 0.717) is 11.4 Å². The number of anilines is 2. The van der Waals surface area contributed by atoms with Gasteiger partial charge in [-0.3, -0.25) is 14.9 Å². The molecule has 0 bridgehead atoms. The van der Waals surface area contributed by atoms with E-state index in [4.69, 9.17) is 11.6 Å². The van der Waals surface area contributed by atoms with Gasteiger partial charge in [0.2, 0.25) is 15.9 Å². The van der Waals surface area contributed by atoms with Crippen LogP contribution in [0.25, 0.3) is 0 Å². The fourth-order valence-electron chi connectivity index (χ4n) is 3.18. The lowest BCUT2D eigenvalue weighted by molar-refractivity contribution is -0.384. The fourth-order valence-corrected chi connectivity index (χ4v) is 4.89. The Kier molecular flexibility index (Phi) is 6.06. The van der Waals surface area contributed by atoms with Gasteiger partial charge in [-0.15, -0.1) is 0 Å². The number of nitrogens with one attached hydrogen (secondary N) is 1. The standard InChI is InChI=1S/C18H19ClN4O5S/c1-13(24)20-14-5-7-15(8-6-14)29(27,28)22-11-9-21(10-12-22)18-16(19)3-2-4-17(18)23(25)26/h2-8H,9-12H2,1H3,(H,20,24). The van der Waals surface area contributed by atoms with Crippen LogP contribution in [0, 0.1) is 10.1 Å². The van der Waals surface area contributed by atoms with Crippen LogP contribution < -0.4 is 10.2 Å². The number of sulfonamides is 1. The maximum absolute atomic E-state index is 12.9. The largest absolute Gasteiger partial charge is 0.362 e. The summed E-state index contributed by atoms with van der Waals surface area (Å²) in [5.41, 5.74) is 0.700. The van der Waals surface area contributed by atoms with Crippen LogP contribution in [0.4, 0.5) is 17.1 Å². The van der Waals surface area contributed by atoms with Crippen LogP contribution in [0.3, 0.4) is 0 Å². The predicted molar refractivity (Wildman–Crippen MR) is 110 cm³/mol. The van der Waals surface area contributed by atoms with Crippen molar-refractivity contribution in [2.24, 2.45) is 0 Å². The van der Waals surface area contributed by atoms with Gasteiger partial charge in [-0.05, 0) is 30.3 Å². The van der Waals surface area contributed by atoms with Gasteiger partial charge in [-0.25, -0.2) is 8.42 Å². The lowest BCUT2D eigenvalue weighted by Crippen LogP contribution is -2.48. The minimum Gasteiger partial charge on any atom is -0.362 e. The molecule has 1 saturated heterocycles. The number of carbonyl (C=O) groups excluding carboxylic acids is 1. The number of benzene rings is 2. The first-order valence-corrected chi connectivity index (χ1v) is 10.6. The van der Waals surface area contributed by atoms with Crippen LogP contribution in [0.1, 0.15) is 6.92 Å². The van der Waals surface area contributed by atoms with Crippen LogP contribution in [-0.2, 0) is 14.8 Å². The number of carbonyl (C=O) groups is 1. The summed E-state index contributed by atoms with van der Waals surface area (Å²) in [4.78, 5) is 23.7. The van der Waals surface area contributed by atoms with Gasteiger partial charge in [0.25, 0.3) is 5.69 Å². The molecule has 0 atom stereocenters. The van der Waals surface area contributed by atoms with E-state index < -0.39 is 14.9 Å². The van der Waals surface area contributed by atoms with Crippen LogP contribution in [-0.4, -0.2) is 49.7 Å². The Bertz CT molecular complexity index is 1030. The predicted octanol–water partition coefficient (Wildman–Crippen LogP) is 2.72. The summed E-state index contributed by atoms with van der Waals surface area (Å²) in [7, 11) is -3.72. The third kappa shape index (κ3) is 4.50. The molecule has 29 heavy (non-hydrogen) atoms. The number of rotatable bonds is 5. The SMILES string of the molecule is CC(=O)Nc1ccc(S(=O)(=O)N2CCN(c3c(Cl)cccc3[N+](=O)[O-])CC2)cc1. The molecule has 1 N–H and O–H groups in total. The van der Waals surface area contributed by atoms with Crippen molar-refractivity contribution < 1.29 is 18.1 Å². The summed E-state index contributed by atoms with van der Waals surface area (Å²) >= 11 is 6.17. The fraction of sp³-hybridized carbons (Fsp3) is 0.278. The number of nitro benzene ring substituents is 1. The van der Waals surface area contributed by atoms with Gasteiger partial charge < -0.3 is 10.2 Å². The van der Waals surface area contributed by atoms with Crippen LogP contribution in [0.5, 0.6) is 0 Å². The lowest BCUT2D eigenvalue weighted by atomic mass is 10.2. The van der Waals surface area contributed by atoms with Gasteiger partial charge >= 0.3 is 0 Å². The van der Waals surface area contributed by atoms with Crippen LogP contribution in [0.2, 0.25) is 5.02 Å². The van der Waals surface area contributed by atoms with E-state index in [1.165, 1.54) is 47.6 Å². The molecule has 0 unspecified atom stereocenters. The highest BCUT2D eigenvalue weighted by Crippen LogP contribution is 2.36. The molecule has 0 spiro atoms. The molecule has 9 nitrogen and oxygen atoms in total. The first-order chi connectivity index (χ1) is 13.7. The van der Waals surface area contributed by atoms with Crippen molar-refractivity contribution in [2.45, 2.75) is 11.8 Å². The zero-order chi connectivity index (χ0) is 21.2. The molecular formula is C18H19ClN4O5S. The highest BCUT2D eigenvalue weighted by Gasteiger charge is 2.31. The maximum atomic E-state index is 12.9. The summed E-state index contributed by atoms with van der Waals surface area (Å²) in [5.74, 6) is -0.245. The van der Waals surface area contributed by atoms with E-state index in [1.54, 1.807) is 11.0 Å². The Morgan fingerprint density at radius 2 is 1.72 bits per heavy atom. The Labute approximate surface area is 173 Å². The van der Waals surface area contributed by atoms with Crippen LogP contribution in [0.15, 0.2) is 47.4 Å². The number of para-hydroxylation sites is 1. The number of hydrogen-bond acceptors (Lipinski definition) is 6. The highest BCUT2D eigenvalue weighted by molar-refractivity contribution is 7.89. The van der Waals surface area contributed by atoms with E-state index in [0.717, 1.165) is 0 Å². The molecule has 2 aromatic rings. The van der Waals surface area contributed by atoms with Crippen LogP contribution >= 0.6 is 11.6 Å². The third-order valence-electron chi connectivity index (χ3n) is 4.53. The highest BCUT2D eigenvalue weighted by atomic mass is 35.5. The Balaban J connectivity index is 1.75. The topological polar surface area (TPSA) is 113 Å². The molecule has 11 heteroatoms. The van der Waals surface area contributed by atoms with Gasteiger partial charge in [0.1, 0.15) is 5.69 Å². The average Bonchev–Trinajstić information content (AvgIpc) is 2.68. The number of amides is 1. The number of halogens is 1. The maximum Gasteiger partial charge on any atom is 0.294 e. The number of nitro groups is 1. The Morgan fingerprint density at radius 3 is 2.28 bits per heavy atom. The van der Waals surface area contributed by atoms with Gasteiger partial charge in [0.05, 0.1) is 14.8 Å². The summed E-state index contributed by atoms with van der Waals surface area (Å²) in [5, 5.41) is 14.1. The molecule has 0 aromatic heterocycles. The van der Waals surface area contributed by atoms with E-state index in [1.807, 2.05) is 0 Å². The van der Waals surface area contributed by atoms with E-state index in [2.05, 4.69) is 5.32 Å². The van der Waals surface area contributed by atoms with Crippen molar-refractivity contribution in [3.05, 3.63) is 57.6 Å².